The van der Waals surface area contributed by atoms with E-state index in [0.717, 1.165) is 0 Å². The van der Waals surface area contributed by atoms with Crippen LogP contribution in [0.15, 0.2) is 54.6 Å². The quantitative estimate of drug-likeness (QED) is 0.194. The van der Waals surface area contributed by atoms with Crippen LogP contribution in [0.4, 0.5) is 5.69 Å². The van der Waals surface area contributed by atoms with Gasteiger partial charge in [0.15, 0.2) is 0 Å². The summed E-state index contributed by atoms with van der Waals surface area (Å²) in [7, 11) is 0. The van der Waals surface area contributed by atoms with E-state index in [4.69, 9.17) is 9.47 Å². The van der Waals surface area contributed by atoms with Crippen LogP contribution < -0.4 is 4.74 Å². The van der Waals surface area contributed by atoms with Crippen molar-refractivity contribution in [3.8, 4) is 5.75 Å². The number of nitrogens with zero attached hydrogens (tertiary/aromatic N) is 1. The van der Waals surface area contributed by atoms with E-state index in [-0.39, 0.29) is 24.5 Å². The highest BCUT2D eigenvalue weighted by molar-refractivity contribution is 6.40. The third kappa shape index (κ3) is 4.63. The molecule has 23 heavy (non-hydrogen) atoms. The zero-order valence-corrected chi connectivity index (χ0v) is 12.0. The first kappa shape index (κ1) is 16.2. The Hall–Kier alpha value is -3.22. The monoisotopic (exact) mass is 315 g/mol. The fourth-order valence-corrected chi connectivity index (χ4v) is 1.73. The molecule has 0 aliphatic heterocycles. The number of non-ortho nitro benzene ring substituents is 1. The average Bonchev–Trinajstić information content (AvgIpc) is 2.59. The van der Waals surface area contributed by atoms with Gasteiger partial charge in [-0.15, -0.1) is 0 Å². The fourth-order valence-electron chi connectivity index (χ4n) is 1.73. The average molecular weight is 315 g/mol. The Morgan fingerprint density at radius 1 is 0.957 bits per heavy atom. The van der Waals surface area contributed by atoms with Gasteiger partial charge in [0, 0.05) is 17.7 Å². The Labute approximate surface area is 131 Å². The second-order valence-corrected chi connectivity index (χ2v) is 4.43. The molecule has 7 heteroatoms. The molecule has 0 N–H and O–H groups in total. The smallest absolute Gasteiger partial charge is 0.379 e. The van der Waals surface area contributed by atoms with Crippen molar-refractivity contribution in [2.45, 2.75) is 0 Å². The van der Waals surface area contributed by atoms with E-state index < -0.39 is 16.7 Å². The third-order valence-corrected chi connectivity index (χ3v) is 2.85. The topological polar surface area (TPSA) is 95.7 Å². The molecule has 2 rings (SSSR count). The summed E-state index contributed by atoms with van der Waals surface area (Å²) in [5.74, 6) is -1.27. The Kier molecular flexibility index (Phi) is 5.40. The number of hydrogen-bond donors (Lipinski definition) is 0. The molecule has 0 unspecified atom stereocenters. The summed E-state index contributed by atoms with van der Waals surface area (Å²) < 4.78 is 10.1. The SMILES string of the molecule is O=C(OCCOc1ccc([N+](=O)[O-])cc1)C(=O)c1ccccc1. The number of benzene rings is 2. The number of nitro groups is 1. The number of Topliss-reactive ketones (excluding diaryl/α,β-unsaturated/α-hetero) is 1. The Balaban J connectivity index is 1.75. The Bertz CT molecular complexity index is 696. The number of ketones is 1. The van der Waals surface area contributed by atoms with Gasteiger partial charge in [-0.2, -0.15) is 0 Å². The minimum absolute atomic E-state index is 0.0334. The van der Waals surface area contributed by atoms with Crippen LogP contribution in [0.3, 0.4) is 0 Å². The van der Waals surface area contributed by atoms with E-state index in [1.54, 1.807) is 18.2 Å². The first-order valence-electron chi connectivity index (χ1n) is 6.71. The zero-order valence-electron chi connectivity index (χ0n) is 12.0. The number of ether oxygens (including phenoxy) is 2. The van der Waals surface area contributed by atoms with Crippen LogP contribution in [0.25, 0.3) is 0 Å². The number of hydrogen-bond acceptors (Lipinski definition) is 6. The number of nitro benzene ring substituents is 1. The molecule has 118 valence electrons. The maximum absolute atomic E-state index is 11.7. The predicted octanol–water partition coefficient (Wildman–Crippen LogP) is 2.40. The number of carbonyl (C=O) groups excluding carboxylic acids is 2. The molecule has 0 saturated carbocycles. The van der Waals surface area contributed by atoms with Crippen molar-refractivity contribution in [2.75, 3.05) is 13.2 Å². The Morgan fingerprint density at radius 3 is 2.22 bits per heavy atom. The first-order chi connectivity index (χ1) is 11.1. The minimum Gasteiger partial charge on any atom is -0.490 e. The standard InChI is InChI=1S/C16H13NO6/c18-15(12-4-2-1-3-5-12)16(19)23-11-10-22-14-8-6-13(7-9-14)17(20)21/h1-9H,10-11H2. The highest BCUT2D eigenvalue weighted by Gasteiger charge is 2.17. The fraction of sp³-hybridized carbons (Fsp3) is 0.125. The van der Waals surface area contributed by atoms with Crippen LogP contribution in [0.5, 0.6) is 5.75 Å². The molecule has 0 aromatic heterocycles. The molecule has 0 saturated heterocycles. The maximum Gasteiger partial charge on any atom is 0.379 e. The van der Waals surface area contributed by atoms with Gasteiger partial charge in [-0.25, -0.2) is 4.79 Å². The van der Waals surface area contributed by atoms with Gasteiger partial charge in [0.2, 0.25) is 0 Å². The largest absolute Gasteiger partial charge is 0.490 e. The van der Waals surface area contributed by atoms with Gasteiger partial charge >= 0.3 is 5.97 Å². The van der Waals surface area contributed by atoms with Crippen molar-refractivity contribution in [1.82, 2.24) is 0 Å². The summed E-state index contributed by atoms with van der Waals surface area (Å²) in [5.41, 5.74) is 0.214. The summed E-state index contributed by atoms with van der Waals surface area (Å²) >= 11 is 0. The van der Waals surface area contributed by atoms with Crippen molar-refractivity contribution < 1.29 is 24.0 Å². The van der Waals surface area contributed by atoms with E-state index in [9.17, 15) is 19.7 Å². The second-order valence-electron chi connectivity index (χ2n) is 4.43. The third-order valence-electron chi connectivity index (χ3n) is 2.85. The van der Waals surface area contributed by atoms with Crippen LogP contribution in [0.2, 0.25) is 0 Å². The number of rotatable bonds is 7. The highest BCUT2D eigenvalue weighted by atomic mass is 16.6. The number of carbonyl (C=O) groups is 2. The van der Waals surface area contributed by atoms with Crippen LogP contribution in [0, 0.1) is 10.1 Å². The maximum atomic E-state index is 11.7. The van der Waals surface area contributed by atoms with Crippen LogP contribution >= 0.6 is 0 Å². The molecule has 0 bridgehead atoms. The molecule has 0 aliphatic rings. The van der Waals surface area contributed by atoms with Crippen LogP contribution in [-0.4, -0.2) is 29.9 Å². The van der Waals surface area contributed by atoms with Crippen molar-refractivity contribution >= 4 is 17.4 Å². The van der Waals surface area contributed by atoms with E-state index in [0.29, 0.717) is 5.75 Å². The van der Waals surface area contributed by atoms with Gasteiger partial charge in [-0.1, -0.05) is 30.3 Å². The van der Waals surface area contributed by atoms with Gasteiger partial charge < -0.3 is 9.47 Å². The van der Waals surface area contributed by atoms with E-state index >= 15 is 0 Å². The van der Waals surface area contributed by atoms with Gasteiger partial charge in [-0.05, 0) is 12.1 Å². The highest BCUT2D eigenvalue weighted by Crippen LogP contribution is 2.17. The molecule has 0 heterocycles. The molecule has 2 aromatic carbocycles. The number of esters is 1. The zero-order chi connectivity index (χ0) is 16.7. The van der Waals surface area contributed by atoms with Crippen molar-refractivity contribution in [3.05, 3.63) is 70.3 Å². The molecule has 0 aliphatic carbocycles. The van der Waals surface area contributed by atoms with Gasteiger partial charge in [-0.3, -0.25) is 14.9 Å². The molecular weight excluding hydrogens is 302 g/mol. The van der Waals surface area contributed by atoms with Gasteiger partial charge in [0.05, 0.1) is 4.92 Å². The van der Waals surface area contributed by atoms with Crippen molar-refractivity contribution in [2.24, 2.45) is 0 Å². The molecule has 0 radical (unpaired) electrons. The van der Waals surface area contributed by atoms with E-state index in [1.807, 2.05) is 0 Å². The van der Waals surface area contributed by atoms with Crippen molar-refractivity contribution in [1.29, 1.82) is 0 Å². The summed E-state index contributed by atoms with van der Waals surface area (Å²) in [6.45, 7) is -0.0694. The molecule has 0 atom stereocenters. The lowest BCUT2D eigenvalue weighted by molar-refractivity contribution is -0.384. The lowest BCUT2D eigenvalue weighted by Crippen LogP contribution is -2.20. The molecule has 0 amide bonds. The van der Waals surface area contributed by atoms with Crippen LogP contribution in [0.1, 0.15) is 10.4 Å². The van der Waals surface area contributed by atoms with Gasteiger partial charge in [0.1, 0.15) is 19.0 Å². The molecule has 2 aromatic rings. The summed E-state index contributed by atoms with van der Waals surface area (Å²) in [6, 6.07) is 13.6. The lowest BCUT2D eigenvalue weighted by Gasteiger charge is -2.07. The normalized spacial score (nSPS) is 9.91. The van der Waals surface area contributed by atoms with E-state index in [1.165, 1.54) is 36.4 Å². The summed E-state index contributed by atoms with van der Waals surface area (Å²) in [4.78, 5) is 33.3. The van der Waals surface area contributed by atoms with Crippen LogP contribution in [-0.2, 0) is 9.53 Å². The molecule has 0 spiro atoms. The van der Waals surface area contributed by atoms with E-state index in [2.05, 4.69) is 0 Å². The van der Waals surface area contributed by atoms with Crippen molar-refractivity contribution in [3.63, 3.8) is 0 Å². The predicted molar refractivity (Wildman–Crippen MR) is 80.3 cm³/mol. The summed E-state index contributed by atoms with van der Waals surface area (Å²) in [5, 5.41) is 10.5. The van der Waals surface area contributed by atoms with Gasteiger partial charge in [0.25, 0.3) is 11.5 Å². The molecule has 0 fully saturated rings. The molecular formula is C16H13NO6. The summed E-state index contributed by atoms with van der Waals surface area (Å²) in [6.07, 6.45) is 0. The lowest BCUT2D eigenvalue weighted by atomic mass is 10.1. The minimum atomic E-state index is -0.955. The molecule has 7 nitrogen and oxygen atoms in total. The second kappa shape index (κ2) is 7.69. The Morgan fingerprint density at radius 2 is 1.61 bits per heavy atom. The first-order valence-corrected chi connectivity index (χ1v) is 6.71.